The standard InChI is InChI=1S/C19H18FN3O5/c20-15-5-2-1-4-13(15)9-10-21-18(24)6-3-11-22-16-8-7-14(23(26)27)12-17(16)28-19(22)25/h1-2,4-5,7-8,12H,3,6,9-11H2,(H,21,24). The van der Waals surface area contributed by atoms with Gasteiger partial charge in [-0.05, 0) is 30.5 Å². The summed E-state index contributed by atoms with van der Waals surface area (Å²) in [6.07, 6.45) is 0.962. The number of nitrogens with one attached hydrogen (secondary N) is 1. The number of aromatic nitrogens is 1. The smallest absolute Gasteiger partial charge is 0.407 e. The van der Waals surface area contributed by atoms with Crippen LogP contribution < -0.4 is 11.1 Å². The third-order valence-electron chi connectivity index (χ3n) is 4.32. The van der Waals surface area contributed by atoms with E-state index in [1.54, 1.807) is 18.2 Å². The van der Waals surface area contributed by atoms with Crippen LogP contribution in [0.15, 0.2) is 51.7 Å². The van der Waals surface area contributed by atoms with Gasteiger partial charge in [-0.15, -0.1) is 0 Å². The fourth-order valence-electron chi connectivity index (χ4n) is 2.90. The van der Waals surface area contributed by atoms with Crippen LogP contribution in [0.25, 0.3) is 11.1 Å². The van der Waals surface area contributed by atoms with E-state index in [0.29, 0.717) is 30.5 Å². The van der Waals surface area contributed by atoms with Crippen molar-refractivity contribution in [1.29, 1.82) is 0 Å². The van der Waals surface area contributed by atoms with Crippen LogP contribution in [0.5, 0.6) is 0 Å². The van der Waals surface area contributed by atoms with Gasteiger partial charge in [0.25, 0.3) is 5.69 Å². The Bertz CT molecular complexity index is 1070. The average Bonchev–Trinajstić information content (AvgIpc) is 2.98. The second kappa shape index (κ2) is 8.47. The minimum Gasteiger partial charge on any atom is -0.407 e. The molecule has 0 radical (unpaired) electrons. The van der Waals surface area contributed by atoms with Gasteiger partial charge in [-0.3, -0.25) is 19.5 Å². The van der Waals surface area contributed by atoms with Crippen molar-refractivity contribution in [2.24, 2.45) is 0 Å². The zero-order valence-corrected chi connectivity index (χ0v) is 14.9. The Labute approximate surface area is 158 Å². The fourth-order valence-corrected chi connectivity index (χ4v) is 2.90. The molecule has 1 amide bonds. The number of benzene rings is 2. The van der Waals surface area contributed by atoms with E-state index in [2.05, 4.69) is 5.32 Å². The Kier molecular flexibility index (Phi) is 5.83. The lowest BCUT2D eigenvalue weighted by molar-refractivity contribution is -0.384. The van der Waals surface area contributed by atoms with Gasteiger partial charge in [0.15, 0.2) is 5.58 Å². The average molecular weight is 387 g/mol. The summed E-state index contributed by atoms with van der Waals surface area (Å²) >= 11 is 0. The molecule has 0 aliphatic heterocycles. The highest BCUT2D eigenvalue weighted by atomic mass is 19.1. The number of hydrogen-bond donors (Lipinski definition) is 1. The van der Waals surface area contributed by atoms with E-state index in [1.165, 1.54) is 28.8 Å². The zero-order chi connectivity index (χ0) is 20.1. The minimum absolute atomic E-state index is 0.133. The molecule has 0 saturated heterocycles. The number of oxazole rings is 1. The number of non-ortho nitro benzene ring substituents is 1. The molecule has 28 heavy (non-hydrogen) atoms. The Hall–Kier alpha value is -3.49. The molecule has 9 heteroatoms. The summed E-state index contributed by atoms with van der Waals surface area (Å²) in [7, 11) is 0. The summed E-state index contributed by atoms with van der Waals surface area (Å²) in [5.74, 6) is -1.13. The van der Waals surface area contributed by atoms with Crippen LogP contribution >= 0.6 is 0 Å². The molecule has 0 aliphatic rings. The van der Waals surface area contributed by atoms with Crippen molar-refractivity contribution in [2.75, 3.05) is 6.54 Å². The number of rotatable bonds is 8. The van der Waals surface area contributed by atoms with Crippen LogP contribution in [0.4, 0.5) is 10.1 Å². The predicted octanol–water partition coefficient (Wildman–Crippen LogP) is 2.78. The van der Waals surface area contributed by atoms with E-state index >= 15 is 0 Å². The highest BCUT2D eigenvalue weighted by molar-refractivity contribution is 5.76. The van der Waals surface area contributed by atoms with Crippen molar-refractivity contribution < 1.29 is 18.5 Å². The largest absolute Gasteiger partial charge is 0.419 e. The van der Waals surface area contributed by atoms with E-state index in [-0.39, 0.29) is 36.0 Å². The molecule has 1 aromatic heterocycles. The number of carbonyl (C=O) groups is 1. The predicted molar refractivity (Wildman–Crippen MR) is 99.5 cm³/mol. The third-order valence-corrected chi connectivity index (χ3v) is 4.32. The van der Waals surface area contributed by atoms with E-state index < -0.39 is 10.7 Å². The van der Waals surface area contributed by atoms with Crippen molar-refractivity contribution in [1.82, 2.24) is 9.88 Å². The molecule has 0 bridgehead atoms. The molecule has 3 aromatic rings. The summed E-state index contributed by atoms with van der Waals surface area (Å²) < 4.78 is 19.9. The van der Waals surface area contributed by atoms with Crippen molar-refractivity contribution in [3.05, 3.63) is 74.5 Å². The number of nitro groups is 1. The van der Waals surface area contributed by atoms with Gasteiger partial charge in [0.2, 0.25) is 5.91 Å². The van der Waals surface area contributed by atoms with Crippen LogP contribution in [-0.2, 0) is 17.8 Å². The summed E-state index contributed by atoms with van der Waals surface area (Å²) in [6, 6.07) is 10.3. The first kappa shape index (κ1) is 19.3. The molecule has 146 valence electrons. The number of carbonyl (C=O) groups excluding carboxylic acids is 1. The maximum absolute atomic E-state index is 13.5. The second-order valence-corrected chi connectivity index (χ2v) is 6.22. The molecule has 0 spiro atoms. The number of fused-ring (bicyclic) bond motifs is 1. The third kappa shape index (κ3) is 4.43. The Balaban J connectivity index is 1.51. The normalized spacial score (nSPS) is 10.9. The van der Waals surface area contributed by atoms with E-state index in [1.807, 2.05) is 0 Å². The number of amides is 1. The molecular formula is C19H18FN3O5. The van der Waals surface area contributed by atoms with E-state index in [0.717, 1.165) is 0 Å². The van der Waals surface area contributed by atoms with Crippen LogP contribution in [0.3, 0.4) is 0 Å². The van der Waals surface area contributed by atoms with Crippen LogP contribution in [-0.4, -0.2) is 21.9 Å². The van der Waals surface area contributed by atoms with Gasteiger partial charge in [0.05, 0.1) is 16.5 Å². The molecule has 0 aliphatic carbocycles. The molecule has 3 rings (SSSR count). The topological polar surface area (TPSA) is 107 Å². The van der Waals surface area contributed by atoms with E-state index in [9.17, 15) is 24.1 Å². The van der Waals surface area contributed by atoms with Crippen molar-refractivity contribution in [3.8, 4) is 0 Å². The number of aryl methyl sites for hydroxylation is 1. The van der Waals surface area contributed by atoms with Crippen molar-refractivity contribution in [2.45, 2.75) is 25.8 Å². The molecule has 1 heterocycles. The van der Waals surface area contributed by atoms with Crippen molar-refractivity contribution >= 4 is 22.7 Å². The lowest BCUT2D eigenvalue weighted by Crippen LogP contribution is -2.26. The highest BCUT2D eigenvalue weighted by Crippen LogP contribution is 2.20. The molecule has 1 N–H and O–H groups in total. The number of nitro benzene ring substituents is 1. The lowest BCUT2D eigenvalue weighted by Gasteiger charge is -2.06. The summed E-state index contributed by atoms with van der Waals surface area (Å²) in [5, 5.41) is 13.5. The van der Waals surface area contributed by atoms with Gasteiger partial charge in [0.1, 0.15) is 5.82 Å². The first-order chi connectivity index (χ1) is 13.5. The zero-order valence-electron chi connectivity index (χ0n) is 14.9. The summed E-state index contributed by atoms with van der Waals surface area (Å²) in [6.45, 7) is 0.558. The Morgan fingerprint density at radius 1 is 1.25 bits per heavy atom. The fraction of sp³-hybridized carbons (Fsp3) is 0.263. The van der Waals surface area contributed by atoms with Crippen LogP contribution in [0.1, 0.15) is 18.4 Å². The Morgan fingerprint density at radius 3 is 2.79 bits per heavy atom. The molecule has 0 saturated carbocycles. The van der Waals surface area contributed by atoms with Crippen LogP contribution in [0, 0.1) is 15.9 Å². The molecule has 8 nitrogen and oxygen atoms in total. The highest BCUT2D eigenvalue weighted by Gasteiger charge is 2.14. The maximum Gasteiger partial charge on any atom is 0.419 e. The van der Waals surface area contributed by atoms with Gasteiger partial charge in [0, 0.05) is 25.6 Å². The quantitative estimate of drug-likeness (QED) is 0.472. The van der Waals surface area contributed by atoms with Gasteiger partial charge >= 0.3 is 5.76 Å². The van der Waals surface area contributed by atoms with Crippen molar-refractivity contribution in [3.63, 3.8) is 0 Å². The Morgan fingerprint density at radius 2 is 2.04 bits per heavy atom. The summed E-state index contributed by atoms with van der Waals surface area (Å²) in [5.41, 5.74) is 0.944. The monoisotopic (exact) mass is 387 g/mol. The molecule has 2 aromatic carbocycles. The van der Waals surface area contributed by atoms with Crippen LogP contribution in [0.2, 0.25) is 0 Å². The molecule has 0 fully saturated rings. The molecule has 0 atom stereocenters. The molecule has 0 unspecified atom stereocenters. The van der Waals surface area contributed by atoms with Gasteiger partial charge in [-0.25, -0.2) is 9.18 Å². The van der Waals surface area contributed by atoms with Gasteiger partial charge in [-0.2, -0.15) is 0 Å². The van der Waals surface area contributed by atoms with Gasteiger partial charge in [-0.1, -0.05) is 18.2 Å². The number of hydrogen-bond acceptors (Lipinski definition) is 5. The van der Waals surface area contributed by atoms with E-state index in [4.69, 9.17) is 4.42 Å². The second-order valence-electron chi connectivity index (χ2n) is 6.22. The SMILES string of the molecule is O=C(CCCn1c(=O)oc2cc([N+](=O)[O-])ccc21)NCCc1ccccc1F. The molecular weight excluding hydrogens is 369 g/mol. The first-order valence-electron chi connectivity index (χ1n) is 8.73. The summed E-state index contributed by atoms with van der Waals surface area (Å²) in [4.78, 5) is 34.1. The number of halogens is 1. The number of nitrogens with zero attached hydrogens (tertiary/aromatic N) is 2. The lowest BCUT2D eigenvalue weighted by atomic mass is 10.1. The maximum atomic E-state index is 13.5. The van der Waals surface area contributed by atoms with Gasteiger partial charge < -0.3 is 9.73 Å². The minimum atomic E-state index is -0.629. The first-order valence-corrected chi connectivity index (χ1v) is 8.73.